The highest BCUT2D eigenvalue weighted by atomic mass is 79.9. The Morgan fingerprint density at radius 3 is 2.93 bits per heavy atom. The van der Waals surface area contributed by atoms with Crippen LogP contribution in [0.15, 0.2) is 40.2 Å². The van der Waals surface area contributed by atoms with E-state index in [-0.39, 0.29) is 5.91 Å². The van der Waals surface area contributed by atoms with Gasteiger partial charge in [-0.05, 0) is 39.7 Å². The Labute approximate surface area is 96.9 Å². The number of rotatable bonds is 3. The standard InChI is InChI=1S/C10H10BrNOS/c1-2-10(13)12-6-7-3-4-9(14)8(11)5-7/h2-5,14H,1,6H2,(H,12,13). The zero-order valence-electron chi connectivity index (χ0n) is 7.46. The van der Waals surface area contributed by atoms with Crippen molar-refractivity contribution in [2.24, 2.45) is 0 Å². The zero-order chi connectivity index (χ0) is 10.6. The number of halogens is 1. The van der Waals surface area contributed by atoms with E-state index in [1.165, 1.54) is 6.08 Å². The second kappa shape index (κ2) is 5.22. The third kappa shape index (κ3) is 3.20. The third-order valence-corrected chi connectivity index (χ3v) is 3.02. The highest BCUT2D eigenvalue weighted by molar-refractivity contribution is 9.10. The van der Waals surface area contributed by atoms with Crippen LogP contribution in [0.5, 0.6) is 0 Å². The van der Waals surface area contributed by atoms with E-state index in [1.807, 2.05) is 18.2 Å². The SMILES string of the molecule is C=CC(=O)NCc1ccc(S)c(Br)c1. The van der Waals surface area contributed by atoms with Crippen molar-refractivity contribution in [3.63, 3.8) is 0 Å². The Hall–Kier alpha value is -0.740. The first-order valence-corrected chi connectivity index (χ1v) is 5.25. The first-order chi connectivity index (χ1) is 6.63. The number of benzene rings is 1. The largest absolute Gasteiger partial charge is 0.348 e. The van der Waals surface area contributed by atoms with Gasteiger partial charge in [0.1, 0.15) is 0 Å². The van der Waals surface area contributed by atoms with Crippen LogP contribution in [0.4, 0.5) is 0 Å². The minimum atomic E-state index is -0.170. The Bertz CT molecular complexity index is 365. The molecule has 0 aliphatic heterocycles. The molecule has 2 nitrogen and oxygen atoms in total. The molecule has 1 amide bonds. The van der Waals surface area contributed by atoms with Crippen molar-refractivity contribution in [2.45, 2.75) is 11.4 Å². The molecule has 1 N–H and O–H groups in total. The van der Waals surface area contributed by atoms with E-state index < -0.39 is 0 Å². The van der Waals surface area contributed by atoms with Gasteiger partial charge in [-0.2, -0.15) is 0 Å². The lowest BCUT2D eigenvalue weighted by Crippen LogP contribution is -2.19. The van der Waals surface area contributed by atoms with Crippen LogP contribution in [-0.2, 0) is 11.3 Å². The fourth-order valence-electron chi connectivity index (χ4n) is 0.922. The summed E-state index contributed by atoms with van der Waals surface area (Å²) in [7, 11) is 0. The van der Waals surface area contributed by atoms with E-state index in [0.29, 0.717) is 6.54 Å². The molecule has 0 fully saturated rings. The molecule has 0 aromatic heterocycles. The van der Waals surface area contributed by atoms with Crippen LogP contribution in [0.25, 0.3) is 0 Å². The monoisotopic (exact) mass is 271 g/mol. The number of thiol groups is 1. The van der Waals surface area contributed by atoms with Crippen molar-refractivity contribution in [3.8, 4) is 0 Å². The summed E-state index contributed by atoms with van der Waals surface area (Å²) in [5.74, 6) is -0.170. The molecule has 1 aromatic carbocycles. The summed E-state index contributed by atoms with van der Waals surface area (Å²) >= 11 is 7.58. The molecule has 0 unspecified atom stereocenters. The minimum Gasteiger partial charge on any atom is -0.348 e. The van der Waals surface area contributed by atoms with Crippen LogP contribution in [0.1, 0.15) is 5.56 Å². The molecule has 0 aliphatic rings. The maximum Gasteiger partial charge on any atom is 0.243 e. The highest BCUT2D eigenvalue weighted by Crippen LogP contribution is 2.21. The van der Waals surface area contributed by atoms with Crippen molar-refractivity contribution < 1.29 is 4.79 Å². The molecule has 0 saturated carbocycles. The topological polar surface area (TPSA) is 29.1 Å². The Morgan fingerprint density at radius 1 is 1.64 bits per heavy atom. The molecule has 14 heavy (non-hydrogen) atoms. The van der Waals surface area contributed by atoms with Crippen LogP contribution < -0.4 is 5.32 Å². The van der Waals surface area contributed by atoms with E-state index >= 15 is 0 Å². The molecule has 0 atom stereocenters. The average molecular weight is 272 g/mol. The van der Waals surface area contributed by atoms with Gasteiger partial charge < -0.3 is 5.32 Å². The summed E-state index contributed by atoms with van der Waals surface area (Å²) < 4.78 is 0.922. The molecule has 4 heteroatoms. The molecule has 1 rings (SSSR count). The number of carbonyl (C=O) groups excluding carboxylic acids is 1. The molecule has 0 heterocycles. The van der Waals surface area contributed by atoms with Gasteiger partial charge in [0.2, 0.25) is 5.91 Å². The summed E-state index contributed by atoms with van der Waals surface area (Å²) in [6, 6.07) is 5.71. The van der Waals surface area contributed by atoms with Gasteiger partial charge in [-0.3, -0.25) is 4.79 Å². The summed E-state index contributed by atoms with van der Waals surface area (Å²) in [5, 5.41) is 2.69. The van der Waals surface area contributed by atoms with Gasteiger partial charge in [-0.25, -0.2) is 0 Å². The lowest BCUT2D eigenvalue weighted by Gasteiger charge is -2.04. The first-order valence-electron chi connectivity index (χ1n) is 4.01. The maximum atomic E-state index is 10.9. The summed E-state index contributed by atoms with van der Waals surface area (Å²) in [6.45, 7) is 3.87. The van der Waals surface area contributed by atoms with E-state index in [4.69, 9.17) is 0 Å². The van der Waals surface area contributed by atoms with Crippen molar-refractivity contribution in [2.75, 3.05) is 0 Å². The van der Waals surface area contributed by atoms with Crippen LogP contribution in [0.3, 0.4) is 0 Å². The van der Waals surface area contributed by atoms with Crippen molar-refractivity contribution in [3.05, 3.63) is 40.9 Å². The highest BCUT2D eigenvalue weighted by Gasteiger charge is 1.99. The van der Waals surface area contributed by atoms with Crippen molar-refractivity contribution >= 4 is 34.5 Å². The van der Waals surface area contributed by atoms with E-state index in [1.54, 1.807) is 0 Å². The molecule has 74 valence electrons. The zero-order valence-corrected chi connectivity index (χ0v) is 9.94. The van der Waals surface area contributed by atoms with Crippen LogP contribution >= 0.6 is 28.6 Å². The van der Waals surface area contributed by atoms with E-state index in [9.17, 15) is 4.79 Å². The summed E-state index contributed by atoms with van der Waals surface area (Å²) in [5.41, 5.74) is 1.02. The van der Waals surface area contributed by atoms with Gasteiger partial charge in [0.05, 0.1) is 0 Å². The van der Waals surface area contributed by atoms with Crippen LogP contribution in [0.2, 0.25) is 0 Å². The second-order valence-corrected chi connectivity index (χ2v) is 4.04. The van der Waals surface area contributed by atoms with Gasteiger partial charge in [0.15, 0.2) is 0 Å². The first kappa shape index (κ1) is 11.3. The fraction of sp³-hybridized carbons (Fsp3) is 0.100. The maximum absolute atomic E-state index is 10.9. The molecule has 0 saturated heterocycles. The van der Waals surface area contributed by atoms with Crippen LogP contribution in [0, 0.1) is 0 Å². The lowest BCUT2D eigenvalue weighted by molar-refractivity contribution is -0.116. The lowest BCUT2D eigenvalue weighted by atomic mass is 10.2. The Kier molecular flexibility index (Phi) is 4.22. The molecule has 0 spiro atoms. The second-order valence-electron chi connectivity index (χ2n) is 2.71. The molecule has 0 aliphatic carbocycles. The average Bonchev–Trinajstić information content (AvgIpc) is 2.19. The molecule has 0 bridgehead atoms. The minimum absolute atomic E-state index is 0.170. The molecular formula is C10H10BrNOS. The fourth-order valence-corrected chi connectivity index (χ4v) is 1.49. The number of carbonyl (C=O) groups is 1. The number of nitrogens with one attached hydrogen (secondary N) is 1. The summed E-state index contributed by atoms with van der Waals surface area (Å²) in [6.07, 6.45) is 1.25. The Balaban J connectivity index is 2.64. The smallest absolute Gasteiger partial charge is 0.243 e. The van der Waals surface area contributed by atoms with Crippen molar-refractivity contribution in [1.82, 2.24) is 5.32 Å². The van der Waals surface area contributed by atoms with E-state index in [2.05, 4.69) is 40.5 Å². The quantitative estimate of drug-likeness (QED) is 0.642. The van der Waals surface area contributed by atoms with Gasteiger partial charge in [0, 0.05) is 15.9 Å². The van der Waals surface area contributed by atoms with Gasteiger partial charge in [0.25, 0.3) is 0 Å². The van der Waals surface area contributed by atoms with Gasteiger partial charge in [-0.15, -0.1) is 12.6 Å². The molecule has 1 aromatic rings. The predicted molar refractivity (Wildman–Crippen MR) is 63.4 cm³/mol. The van der Waals surface area contributed by atoms with Crippen LogP contribution in [-0.4, -0.2) is 5.91 Å². The Morgan fingerprint density at radius 2 is 2.36 bits per heavy atom. The van der Waals surface area contributed by atoms with Crippen molar-refractivity contribution in [1.29, 1.82) is 0 Å². The molecular weight excluding hydrogens is 262 g/mol. The van der Waals surface area contributed by atoms with E-state index in [0.717, 1.165) is 14.9 Å². The third-order valence-electron chi connectivity index (χ3n) is 1.66. The number of amides is 1. The number of hydrogen-bond acceptors (Lipinski definition) is 2. The predicted octanol–water partition coefficient (Wildman–Crippen LogP) is 2.54. The van der Waals surface area contributed by atoms with Gasteiger partial charge in [-0.1, -0.05) is 12.6 Å². The van der Waals surface area contributed by atoms with Gasteiger partial charge >= 0.3 is 0 Å². The summed E-state index contributed by atoms with van der Waals surface area (Å²) in [4.78, 5) is 11.8. The normalized spacial score (nSPS) is 9.57. The molecule has 0 radical (unpaired) electrons. The number of hydrogen-bond donors (Lipinski definition) is 2.